The summed E-state index contributed by atoms with van der Waals surface area (Å²) >= 11 is 0. The summed E-state index contributed by atoms with van der Waals surface area (Å²) in [7, 11) is 6.80. The zero-order valence-corrected chi connectivity index (χ0v) is 52.1. The van der Waals surface area contributed by atoms with Gasteiger partial charge >= 0.3 is 5.97 Å². The second-order valence-electron chi connectivity index (χ2n) is 23.9. The number of aromatic amines is 1. The van der Waals surface area contributed by atoms with Gasteiger partial charge in [0.1, 0.15) is 17.6 Å². The second-order valence-corrected chi connectivity index (χ2v) is 23.9. The molecule has 0 spiro atoms. The van der Waals surface area contributed by atoms with Crippen LogP contribution in [0.2, 0.25) is 0 Å². The van der Waals surface area contributed by atoms with Gasteiger partial charge in [0.25, 0.3) is 0 Å². The summed E-state index contributed by atoms with van der Waals surface area (Å²) in [5.74, 6) is -3.79. The van der Waals surface area contributed by atoms with Crippen LogP contribution in [0.25, 0.3) is 10.9 Å². The van der Waals surface area contributed by atoms with Gasteiger partial charge in [-0.15, -0.1) is 0 Å². The number of ether oxygens (including phenoxy) is 5. The fourth-order valence-electron chi connectivity index (χ4n) is 12.1. The van der Waals surface area contributed by atoms with E-state index in [2.05, 4.69) is 11.9 Å². The van der Waals surface area contributed by atoms with Crippen molar-refractivity contribution in [2.24, 2.45) is 41.2 Å². The maximum Gasteiger partial charge on any atom is 0.320 e. The van der Waals surface area contributed by atoms with Crippen molar-refractivity contribution in [3.63, 3.8) is 0 Å². The first-order chi connectivity index (χ1) is 39.7. The Balaban J connectivity index is 1.30. The third kappa shape index (κ3) is 22.0. The molecule has 0 bridgehead atoms. The van der Waals surface area contributed by atoms with Crippen LogP contribution in [0.4, 0.5) is 0 Å². The number of hydrogen-bond acceptors (Lipinski definition) is 15. The van der Waals surface area contributed by atoms with Crippen LogP contribution < -0.4 is 5.73 Å². The van der Waals surface area contributed by atoms with Crippen molar-refractivity contribution in [1.82, 2.24) is 24.7 Å². The van der Waals surface area contributed by atoms with E-state index in [1.807, 2.05) is 88.9 Å². The van der Waals surface area contributed by atoms with Gasteiger partial charge in [-0.05, 0) is 81.4 Å². The minimum absolute atomic E-state index is 0.00742. The number of ketones is 3. The number of Topliss-reactive ketones (excluding diaryl/α,β-unsaturated/α-hetero) is 3. The van der Waals surface area contributed by atoms with E-state index in [1.54, 1.807) is 26.2 Å². The van der Waals surface area contributed by atoms with E-state index in [0.29, 0.717) is 117 Å². The summed E-state index contributed by atoms with van der Waals surface area (Å²) in [6.45, 7) is 17.9. The third-order valence-corrected chi connectivity index (χ3v) is 17.2. The highest BCUT2D eigenvalue weighted by Gasteiger charge is 2.44. The molecule has 0 radical (unpaired) electrons. The van der Waals surface area contributed by atoms with Gasteiger partial charge in [-0.3, -0.25) is 43.3 Å². The number of H-pyrrole nitrogens is 1. The van der Waals surface area contributed by atoms with Crippen molar-refractivity contribution in [3.8, 4) is 0 Å². The number of carboxylic acid groups (broad SMARTS) is 1. The molecular weight excluding hydrogens is 1060 g/mol. The zero-order chi connectivity index (χ0) is 61.2. The predicted octanol–water partition coefficient (Wildman–Crippen LogP) is 7.32. The molecule has 83 heavy (non-hydrogen) atoms. The summed E-state index contributed by atoms with van der Waals surface area (Å²) in [5.41, 5.74) is 7.43. The number of aromatic nitrogens is 1. The summed E-state index contributed by atoms with van der Waals surface area (Å²) in [6, 6.07) is 5.70. The number of para-hydroxylation sites is 1. The van der Waals surface area contributed by atoms with Crippen LogP contribution in [-0.2, 0) is 68.5 Å². The topological polar surface area (TPSA) is 250 Å². The van der Waals surface area contributed by atoms with E-state index >= 15 is 0 Å². The van der Waals surface area contributed by atoms with Crippen LogP contribution in [0.1, 0.15) is 144 Å². The van der Waals surface area contributed by atoms with Gasteiger partial charge in [-0.1, -0.05) is 85.9 Å². The molecule has 0 aliphatic carbocycles. The molecule has 470 valence electrons. The Morgan fingerprint density at radius 1 is 0.795 bits per heavy atom. The van der Waals surface area contributed by atoms with Gasteiger partial charge in [-0.25, -0.2) is 5.06 Å². The number of likely N-dealkylation sites (N-methyl/N-ethyl adjacent to an activating group) is 2. The minimum Gasteiger partial charge on any atom is -0.480 e. The van der Waals surface area contributed by atoms with Crippen molar-refractivity contribution in [2.75, 3.05) is 94.2 Å². The molecule has 2 aromatic rings. The van der Waals surface area contributed by atoms with Gasteiger partial charge < -0.3 is 49.3 Å². The van der Waals surface area contributed by atoms with Crippen LogP contribution in [0, 0.1) is 35.5 Å². The second kappa shape index (κ2) is 37.0. The lowest BCUT2D eigenvalue weighted by Gasteiger charge is -2.41. The van der Waals surface area contributed by atoms with E-state index in [4.69, 9.17) is 39.4 Å². The summed E-state index contributed by atoms with van der Waals surface area (Å²) in [6.07, 6.45) is 8.02. The van der Waals surface area contributed by atoms with Gasteiger partial charge in [-0.2, -0.15) is 0 Å². The number of hydroxylamine groups is 2. The standard InChI is InChI=1S/C63H104N6O14/c1-12-44(6)59(67(9)62(75)50(42(2)3)39-55(72)58(43(4)5)66(8)29-32-81-34-36-82-35-33-80-31-26-48(70)21-14-13-15-23-51(64)63(76)77)56(78-10)40-57(73)68-27-20-25-53(68)60(79-11)45(7)54(71)38-46(61(74)69-28-18-19-30-83-69)37-47-41-65-52-24-17-16-22-49(47)52/h16-17,22,24,41-46,50-51,53,56,58-60,65H,12-15,18-21,23,25-40,64H2,1-11H3,(H,76,77)/t44-,45-,46+,50-,51-,53-,56+,58-,59-,60+/m0/s1. The molecule has 3 heterocycles. The van der Waals surface area contributed by atoms with Crippen LogP contribution >= 0.6 is 0 Å². The lowest BCUT2D eigenvalue weighted by molar-refractivity contribution is -0.201. The van der Waals surface area contributed by atoms with Crippen molar-refractivity contribution in [2.45, 2.75) is 181 Å². The normalized spacial score (nSPS) is 18.2. The number of carboxylic acids is 1. The summed E-state index contributed by atoms with van der Waals surface area (Å²) < 4.78 is 29.4. The molecule has 1 aromatic heterocycles. The average molecular weight is 1170 g/mol. The number of hydrogen-bond donors (Lipinski definition) is 3. The molecule has 4 N–H and O–H groups in total. The van der Waals surface area contributed by atoms with Crippen molar-refractivity contribution < 1.29 is 67.2 Å². The number of nitrogens with one attached hydrogen (secondary N) is 1. The maximum atomic E-state index is 14.8. The highest BCUT2D eigenvalue weighted by Crippen LogP contribution is 2.33. The molecule has 20 nitrogen and oxygen atoms in total. The number of fused-ring (bicyclic) bond motifs is 1. The number of benzene rings is 1. The first kappa shape index (κ1) is 70.8. The number of aliphatic carboxylic acids is 1. The highest BCUT2D eigenvalue weighted by atomic mass is 16.7. The smallest absolute Gasteiger partial charge is 0.320 e. The minimum atomic E-state index is -1.01. The van der Waals surface area contributed by atoms with E-state index in [0.717, 1.165) is 42.1 Å². The molecule has 2 aliphatic heterocycles. The fourth-order valence-corrected chi connectivity index (χ4v) is 12.1. The van der Waals surface area contributed by atoms with E-state index < -0.39 is 60.1 Å². The summed E-state index contributed by atoms with van der Waals surface area (Å²) in [5, 5.41) is 11.3. The van der Waals surface area contributed by atoms with Crippen molar-refractivity contribution >= 4 is 51.9 Å². The van der Waals surface area contributed by atoms with Crippen LogP contribution in [-0.4, -0.2) is 201 Å². The predicted molar refractivity (Wildman–Crippen MR) is 318 cm³/mol. The number of nitrogens with zero attached hydrogens (tertiary/aromatic N) is 4. The van der Waals surface area contributed by atoms with Crippen molar-refractivity contribution in [3.05, 3.63) is 36.0 Å². The van der Waals surface area contributed by atoms with E-state index in [9.17, 15) is 33.6 Å². The van der Waals surface area contributed by atoms with Crippen LogP contribution in [0.5, 0.6) is 0 Å². The number of nitrogens with two attached hydrogens (primary N) is 1. The molecule has 10 atom stereocenters. The summed E-state index contributed by atoms with van der Waals surface area (Å²) in [4.78, 5) is 110. The number of carbonyl (C=O) groups is 7. The Labute approximate surface area is 494 Å². The van der Waals surface area contributed by atoms with Crippen molar-refractivity contribution in [1.29, 1.82) is 0 Å². The quantitative estimate of drug-likeness (QED) is 0.0551. The Morgan fingerprint density at radius 3 is 2.11 bits per heavy atom. The SMILES string of the molecule is CC[C@H](C)[C@@H]([C@@H](CC(=O)N1CCC[C@H]1[C@H](OC)[C@@H](C)C(=O)C[C@@H](Cc1c[nH]c2ccccc12)C(=O)N1CCCCO1)OC)N(C)C(=O)[C@@H](CC(=O)[C@H](C(C)C)N(C)CCOCCOCCOCCC(=O)CCCCC[C@H](N)C(=O)O)C(C)C. The Morgan fingerprint density at radius 2 is 1.48 bits per heavy atom. The van der Waals surface area contributed by atoms with Crippen LogP contribution in [0.15, 0.2) is 30.5 Å². The molecule has 2 saturated heterocycles. The molecule has 20 heteroatoms. The van der Waals surface area contributed by atoms with Crippen LogP contribution in [0.3, 0.4) is 0 Å². The molecule has 1 aromatic carbocycles. The molecule has 3 amide bonds. The largest absolute Gasteiger partial charge is 0.480 e. The Hall–Kier alpha value is -4.67. The zero-order valence-electron chi connectivity index (χ0n) is 52.1. The van der Waals surface area contributed by atoms with Gasteiger partial charge in [0.15, 0.2) is 5.78 Å². The Kier molecular flexibility index (Phi) is 31.6. The number of carbonyl (C=O) groups excluding carboxylic acids is 6. The third-order valence-electron chi connectivity index (χ3n) is 17.2. The number of likely N-dealkylation sites (tertiary alicyclic amines) is 1. The first-order valence-electron chi connectivity index (χ1n) is 30.8. The monoisotopic (exact) mass is 1170 g/mol. The fraction of sp³-hybridized carbons (Fsp3) is 0.762. The molecule has 4 rings (SSSR count). The highest BCUT2D eigenvalue weighted by molar-refractivity contribution is 5.91. The van der Waals surface area contributed by atoms with Gasteiger partial charge in [0, 0.05) is 95.5 Å². The molecular formula is C63H104N6O14. The first-order valence-corrected chi connectivity index (χ1v) is 30.8. The molecule has 2 fully saturated rings. The molecule has 2 aliphatic rings. The maximum absolute atomic E-state index is 14.8. The number of unbranched alkanes of at least 4 members (excludes halogenated alkanes) is 2. The van der Waals surface area contributed by atoms with E-state index in [1.165, 1.54) is 5.06 Å². The number of methoxy groups -OCH3 is 2. The number of rotatable bonds is 42. The lowest BCUT2D eigenvalue weighted by atomic mass is 9.83. The van der Waals surface area contributed by atoms with Gasteiger partial charge in [0.2, 0.25) is 17.7 Å². The average Bonchev–Trinajstić information content (AvgIpc) is 4.12. The Bertz CT molecular complexity index is 2310. The lowest BCUT2D eigenvalue weighted by Crippen LogP contribution is -2.54. The van der Waals surface area contributed by atoms with Gasteiger partial charge in [0.05, 0.1) is 88.9 Å². The number of amides is 3. The molecule has 0 saturated carbocycles. The molecule has 0 unspecified atom stereocenters. The van der Waals surface area contributed by atoms with E-state index in [-0.39, 0.29) is 72.1 Å².